The second kappa shape index (κ2) is 6.95. The summed E-state index contributed by atoms with van der Waals surface area (Å²) < 4.78 is 1.59. The van der Waals surface area contributed by atoms with Crippen molar-refractivity contribution in [1.82, 2.24) is 19.7 Å². The van der Waals surface area contributed by atoms with Gasteiger partial charge in [-0.25, -0.2) is 0 Å². The maximum absolute atomic E-state index is 12.6. The van der Waals surface area contributed by atoms with Crippen LogP contribution in [0.1, 0.15) is 48.1 Å². The van der Waals surface area contributed by atoms with Crippen LogP contribution < -0.4 is 0 Å². The summed E-state index contributed by atoms with van der Waals surface area (Å²) in [5.41, 5.74) is 1.62. The lowest BCUT2D eigenvalue weighted by Gasteiger charge is -2.24. The summed E-state index contributed by atoms with van der Waals surface area (Å²) in [6, 6.07) is 3.97. The van der Waals surface area contributed by atoms with Gasteiger partial charge in [-0.2, -0.15) is 5.10 Å². The van der Waals surface area contributed by atoms with Gasteiger partial charge in [-0.05, 0) is 24.0 Å². The molecule has 3 rings (SSSR count). The van der Waals surface area contributed by atoms with E-state index in [1.165, 1.54) is 0 Å². The maximum Gasteiger partial charge on any atom is 0.223 e. The summed E-state index contributed by atoms with van der Waals surface area (Å²) in [6.45, 7) is 2.89. The van der Waals surface area contributed by atoms with Crippen LogP contribution in [0.2, 0.25) is 0 Å². The summed E-state index contributed by atoms with van der Waals surface area (Å²) in [5, 5.41) is 4.00. The Kier molecular flexibility index (Phi) is 4.74. The Hall–Kier alpha value is -2.50. The number of amides is 1. The van der Waals surface area contributed by atoms with E-state index >= 15 is 0 Å². The number of aryl methyl sites for hydroxylation is 1. The van der Waals surface area contributed by atoms with Gasteiger partial charge in [0.25, 0.3) is 0 Å². The molecule has 0 aromatic carbocycles. The van der Waals surface area contributed by atoms with Gasteiger partial charge < -0.3 is 4.90 Å². The highest BCUT2D eigenvalue weighted by Gasteiger charge is 2.34. The molecule has 2 aromatic rings. The van der Waals surface area contributed by atoms with E-state index in [0.29, 0.717) is 11.5 Å². The molecule has 24 heavy (non-hydrogen) atoms. The average molecular weight is 326 g/mol. The van der Waals surface area contributed by atoms with Crippen LogP contribution in [0.3, 0.4) is 0 Å². The number of carbonyl (C=O) groups excluding carboxylic acids is 2. The molecule has 3 heterocycles. The Labute approximate surface area is 141 Å². The number of rotatable bonds is 5. The van der Waals surface area contributed by atoms with Gasteiger partial charge >= 0.3 is 0 Å². The number of likely N-dealkylation sites (tertiary alicyclic amines) is 1. The predicted molar refractivity (Wildman–Crippen MR) is 89.2 cm³/mol. The van der Waals surface area contributed by atoms with Gasteiger partial charge in [0.05, 0.1) is 17.8 Å². The fourth-order valence-electron chi connectivity index (χ4n) is 3.28. The number of Topliss-reactive ketones (excluding diaryl/α,β-unsaturated/α-hetero) is 1. The van der Waals surface area contributed by atoms with Crippen molar-refractivity contribution in [1.29, 1.82) is 0 Å². The van der Waals surface area contributed by atoms with E-state index in [-0.39, 0.29) is 30.6 Å². The highest BCUT2D eigenvalue weighted by atomic mass is 16.2. The summed E-state index contributed by atoms with van der Waals surface area (Å²) in [6.07, 6.45) is 8.18. The number of aromatic nitrogens is 3. The van der Waals surface area contributed by atoms with Gasteiger partial charge in [0.15, 0.2) is 5.78 Å². The minimum atomic E-state index is -0.0402. The van der Waals surface area contributed by atoms with E-state index in [1.807, 2.05) is 23.2 Å². The van der Waals surface area contributed by atoms with Gasteiger partial charge in [-0.1, -0.05) is 13.0 Å². The highest BCUT2D eigenvalue weighted by Crippen LogP contribution is 2.35. The molecule has 0 saturated carbocycles. The van der Waals surface area contributed by atoms with Gasteiger partial charge in [-0.3, -0.25) is 19.3 Å². The molecule has 1 saturated heterocycles. The molecule has 0 radical (unpaired) electrons. The Morgan fingerprint density at radius 3 is 2.79 bits per heavy atom. The first kappa shape index (κ1) is 16.4. The molecule has 0 bridgehead atoms. The first-order valence-corrected chi connectivity index (χ1v) is 8.26. The zero-order valence-electron chi connectivity index (χ0n) is 14.1. The summed E-state index contributed by atoms with van der Waals surface area (Å²) in [7, 11) is 1.77. The zero-order valence-corrected chi connectivity index (χ0v) is 14.1. The largest absolute Gasteiger partial charge is 0.335 e. The lowest BCUT2D eigenvalue weighted by molar-refractivity contribution is -0.132. The molecule has 1 amide bonds. The zero-order chi connectivity index (χ0) is 17.1. The van der Waals surface area contributed by atoms with Crippen molar-refractivity contribution in [2.75, 3.05) is 6.54 Å². The number of ketones is 1. The molecule has 0 unspecified atom stereocenters. The van der Waals surface area contributed by atoms with Crippen molar-refractivity contribution in [2.45, 2.75) is 32.2 Å². The first-order valence-electron chi connectivity index (χ1n) is 8.26. The molecule has 1 aliphatic heterocycles. The van der Waals surface area contributed by atoms with Gasteiger partial charge in [0, 0.05) is 45.0 Å². The number of hydrogen-bond donors (Lipinski definition) is 0. The second-order valence-corrected chi connectivity index (χ2v) is 6.51. The van der Waals surface area contributed by atoms with Crippen molar-refractivity contribution in [3.63, 3.8) is 0 Å². The third kappa shape index (κ3) is 3.53. The Bertz CT molecular complexity index is 726. The summed E-state index contributed by atoms with van der Waals surface area (Å²) in [5.74, 6) is 0.445. The Morgan fingerprint density at radius 2 is 2.12 bits per heavy atom. The minimum absolute atomic E-state index is 0.0328. The van der Waals surface area contributed by atoms with Crippen LogP contribution in [0.25, 0.3) is 0 Å². The van der Waals surface area contributed by atoms with E-state index in [0.717, 1.165) is 18.5 Å². The van der Waals surface area contributed by atoms with Crippen molar-refractivity contribution in [3.8, 4) is 0 Å². The molecular weight excluding hydrogens is 304 g/mol. The summed E-state index contributed by atoms with van der Waals surface area (Å²) in [4.78, 5) is 30.9. The number of hydrogen-bond acceptors (Lipinski definition) is 4. The van der Waals surface area contributed by atoms with Crippen LogP contribution in [0, 0.1) is 5.92 Å². The van der Waals surface area contributed by atoms with E-state index in [9.17, 15) is 9.59 Å². The molecule has 0 N–H and O–H groups in total. The Morgan fingerprint density at radius 1 is 1.29 bits per heavy atom. The van der Waals surface area contributed by atoms with Crippen LogP contribution in [-0.4, -0.2) is 37.9 Å². The molecule has 126 valence electrons. The lowest BCUT2D eigenvalue weighted by atomic mass is 10.0. The molecule has 2 atom stereocenters. The van der Waals surface area contributed by atoms with Gasteiger partial charge in [-0.15, -0.1) is 0 Å². The van der Waals surface area contributed by atoms with Gasteiger partial charge in [0.2, 0.25) is 5.91 Å². The number of pyridine rings is 1. The monoisotopic (exact) mass is 326 g/mol. The standard InChI is InChI=1S/C18H22N4O2/c1-13-8-16(14-4-3-7-19-9-14)22(11-13)18(24)6-5-17(23)15-10-20-21(2)12-15/h3-4,7,9-10,12-13,16H,5-6,8,11H2,1-2H3/t13-,16+/m1/s1. The molecule has 1 fully saturated rings. The topological polar surface area (TPSA) is 68.1 Å². The molecule has 0 spiro atoms. The van der Waals surface area contributed by atoms with E-state index in [1.54, 1.807) is 30.3 Å². The lowest BCUT2D eigenvalue weighted by Crippen LogP contribution is -2.31. The fraction of sp³-hybridized carbons (Fsp3) is 0.444. The van der Waals surface area contributed by atoms with Crippen molar-refractivity contribution < 1.29 is 9.59 Å². The molecule has 2 aromatic heterocycles. The fourth-order valence-corrected chi connectivity index (χ4v) is 3.28. The molecular formula is C18H22N4O2. The smallest absolute Gasteiger partial charge is 0.223 e. The third-order valence-electron chi connectivity index (χ3n) is 4.49. The number of nitrogens with zero attached hydrogens (tertiary/aromatic N) is 4. The normalized spacial score (nSPS) is 20.3. The summed E-state index contributed by atoms with van der Waals surface area (Å²) >= 11 is 0. The van der Waals surface area contributed by atoms with Crippen molar-refractivity contribution in [2.24, 2.45) is 13.0 Å². The predicted octanol–water partition coefficient (Wildman–Crippen LogP) is 2.39. The molecule has 1 aliphatic rings. The quantitative estimate of drug-likeness (QED) is 0.791. The molecule has 6 heteroatoms. The van der Waals surface area contributed by atoms with E-state index in [4.69, 9.17) is 0 Å². The second-order valence-electron chi connectivity index (χ2n) is 6.51. The Balaban J connectivity index is 1.64. The van der Waals surface area contributed by atoms with Crippen molar-refractivity contribution >= 4 is 11.7 Å². The van der Waals surface area contributed by atoms with Crippen LogP contribution in [0.15, 0.2) is 36.9 Å². The molecule has 0 aliphatic carbocycles. The first-order chi connectivity index (χ1) is 11.5. The van der Waals surface area contributed by atoms with Crippen LogP contribution >= 0.6 is 0 Å². The SMILES string of the molecule is C[C@@H]1C[C@@H](c2cccnc2)N(C(=O)CCC(=O)c2cnn(C)c2)C1. The minimum Gasteiger partial charge on any atom is -0.335 e. The number of carbonyl (C=O) groups is 2. The van der Waals surface area contributed by atoms with Crippen LogP contribution in [0.4, 0.5) is 0 Å². The third-order valence-corrected chi connectivity index (χ3v) is 4.49. The van der Waals surface area contributed by atoms with Crippen LogP contribution in [-0.2, 0) is 11.8 Å². The van der Waals surface area contributed by atoms with Crippen molar-refractivity contribution in [3.05, 3.63) is 48.0 Å². The van der Waals surface area contributed by atoms with E-state index < -0.39 is 0 Å². The van der Waals surface area contributed by atoms with Crippen LogP contribution in [0.5, 0.6) is 0 Å². The maximum atomic E-state index is 12.6. The molecule has 6 nitrogen and oxygen atoms in total. The highest BCUT2D eigenvalue weighted by molar-refractivity contribution is 5.97. The van der Waals surface area contributed by atoms with E-state index in [2.05, 4.69) is 17.0 Å². The average Bonchev–Trinajstić information content (AvgIpc) is 3.19. The van der Waals surface area contributed by atoms with Gasteiger partial charge in [0.1, 0.15) is 0 Å².